The number of allylic oxidation sites excluding steroid dienone is 1. The largest absolute Gasteiger partial charge is 0.444 e. The summed E-state index contributed by atoms with van der Waals surface area (Å²) in [6, 6.07) is 9.70. The number of hydrogen-bond donors (Lipinski definition) is 0. The second kappa shape index (κ2) is 5.35. The van der Waals surface area contributed by atoms with Gasteiger partial charge in [0.05, 0.1) is 0 Å². The van der Waals surface area contributed by atoms with Gasteiger partial charge in [0.25, 0.3) is 0 Å². The molecule has 1 aromatic carbocycles. The molecular weight excluding hydrogens is 202 g/mol. The van der Waals surface area contributed by atoms with Crippen molar-refractivity contribution in [3.8, 4) is 0 Å². The van der Waals surface area contributed by atoms with Gasteiger partial charge in [-0.25, -0.2) is 4.79 Å². The zero-order valence-electron chi connectivity index (χ0n) is 9.13. The minimum Gasteiger partial charge on any atom is -0.444 e. The standard InChI is InChI=1S/C13H15NO2/c15-13(14-9-5-2-6-10-14)16-11-12-7-3-1-4-8-12/h1,3-5,7-9H,2,6,10-11H2. The first-order chi connectivity index (χ1) is 7.86. The summed E-state index contributed by atoms with van der Waals surface area (Å²) < 4.78 is 5.20. The highest BCUT2D eigenvalue weighted by molar-refractivity contribution is 5.69. The molecule has 0 radical (unpaired) electrons. The van der Waals surface area contributed by atoms with E-state index >= 15 is 0 Å². The molecule has 0 aromatic heterocycles. The maximum atomic E-state index is 11.6. The van der Waals surface area contributed by atoms with Gasteiger partial charge in [-0.2, -0.15) is 0 Å². The SMILES string of the molecule is O=C(OCc1ccccc1)N1C=CCCC1. The van der Waals surface area contributed by atoms with Crippen LogP contribution in [0.4, 0.5) is 4.79 Å². The molecule has 84 valence electrons. The maximum Gasteiger partial charge on any atom is 0.414 e. The van der Waals surface area contributed by atoms with Gasteiger partial charge in [0.15, 0.2) is 0 Å². The Morgan fingerprint density at radius 1 is 1.31 bits per heavy atom. The van der Waals surface area contributed by atoms with E-state index in [9.17, 15) is 4.79 Å². The molecular formula is C13H15NO2. The van der Waals surface area contributed by atoms with E-state index in [0.717, 1.165) is 24.9 Å². The topological polar surface area (TPSA) is 29.5 Å². The number of hydrogen-bond acceptors (Lipinski definition) is 2. The monoisotopic (exact) mass is 217 g/mol. The fourth-order valence-electron chi connectivity index (χ4n) is 1.61. The van der Waals surface area contributed by atoms with Gasteiger partial charge in [-0.3, -0.25) is 4.90 Å². The Balaban J connectivity index is 1.84. The van der Waals surface area contributed by atoms with Crippen LogP contribution in [0.2, 0.25) is 0 Å². The molecule has 0 unspecified atom stereocenters. The van der Waals surface area contributed by atoms with Gasteiger partial charge in [0.2, 0.25) is 0 Å². The summed E-state index contributed by atoms with van der Waals surface area (Å²) >= 11 is 0. The van der Waals surface area contributed by atoms with Crippen LogP contribution >= 0.6 is 0 Å². The molecule has 3 nitrogen and oxygen atoms in total. The Hall–Kier alpha value is -1.77. The average molecular weight is 217 g/mol. The van der Waals surface area contributed by atoms with Gasteiger partial charge in [0.1, 0.15) is 6.61 Å². The lowest BCUT2D eigenvalue weighted by Gasteiger charge is -2.20. The third-order valence-corrected chi connectivity index (χ3v) is 2.49. The summed E-state index contributed by atoms with van der Waals surface area (Å²) in [7, 11) is 0. The first-order valence-electron chi connectivity index (χ1n) is 5.50. The van der Waals surface area contributed by atoms with Gasteiger partial charge < -0.3 is 4.74 Å². The third-order valence-electron chi connectivity index (χ3n) is 2.49. The molecule has 1 heterocycles. The minimum absolute atomic E-state index is 0.264. The number of ether oxygens (including phenoxy) is 1. The van der Waals surface area contributed by atoms with E-state index in [1.54, 1.807) is 11.1 Å². The van der Waals surface area contributed by atoms with Gasteiger partial charge in [-0.05, 0) is 18.4 Å². The third kappa shape index (κ3) is 2.86. The Bertz CT molecular complexity index is 373. The average Bonchev–Trinajstić information content (AvgIpc) is 2.38. The maximum absolute atomic E-state index is 11.6. The van der Waals surface area contributed by atoms with E-state index < -0.39 is 0 Å². The first-order valence-corrected chi connectivity index (χ1v) is 5.50. The molecule has 1 aliphatic rings. The Morgan fingerprint density at radius 2 is 2.12 bits per heavy atom. The highest BCUT2D eigenvalue weighted by Gasteiger charge is 2.13. The van der Waals surface area contributed by atoms with E-state index in [1.807, 2.05) is 36.4 Å². The summed E-state index contributed by atoms with van der Waals surface area (Å²) in [5.74, 6) is 0. The number of nitrogens with zero attached hydrogens (tertiary/aromatic N) is 1. The molecule has 0 aliphatic carbocycles. The summed E-state index contributed by atoms with van der Waals surface area (Å²) in [4.78, 5) is 13.2. The van der Waals surface area contributed by atoms with Crippen molar-refractivity contribution >= 4 is 6.09 Å². The van der Waals surface area contributed by atoms with Crippen LogP contribution < -0.4 is 0 Å². The summed E-state index contributed by atoms with van der Waals surface area (Å²) in [5, 5.41) is 0. The summed E-state index contributed by atoms with van der Waals surface area (Å²) in [5.41, 5.74) is 1.01. The fraction of sp³-hybridized carbons (Fsp3) is 0.308. The molecule has 0 saturated heterocycles. The van der Waals surface area contributed by atoms with Crippen LogP contribution in [0.25, 0.3) is 0 Å². The fourth-order valence-corrected chi connectivity index (χ4v) is 1.61. The normalized spacial score (nSPS) is 14.9. The lowest BCUT2D eigenvalue weighted by atomic mass is 10.2. The van der Waals surface area contributed by atoms with Crippen molar-refractivity contribution in [1.82, 2.24) is 4.90 Å². The number of rotatable bonds is 2. The Morgan fingerprint density at radius 3 is 2.81 bits per heavy atom. The van der Waals surface area contributed by atoms with Crippen LogP contribution in [-0.4, -0.2) is 17.5 Å². The van der Waals surface area contributed by atoms with Gasteiger partial charge in [-0.15, -0.1) is 0 Å². The molecule has 1 aliphatic heterocycles. The van der Waals surface area contributed by atoms with E-state index in [1.165, 1.54) is 0 Å². The predicted molar refractivity (Wildman–Crippen MR) is 61.7 cm³/mol. The second-order valence-corrected chi connectivity index (χ2v) is 3.76. The molecule has 0 saturated carbocycles. The highest BCUT2D eigenvalue weighted by atomic mass is 16.6. The molecule has 2 rings (SSSR count). The number of carbonyl (C=O) groups is 1. The highest BCUT2D eigenvalue weighted by Crippen LogP contribution is 2.09. The second-order valence-electron chi connectivity index (χ2n) is 3.76. The van der Waals surface area contributed by atoms with Crippen molar-refractivity contribution in [2.75, 3.05) is 6.54 Å². The smallest absolute Gasteiger partial charge is 0.414 e. The van der Waals surface area contributed by atoms with Crippen molar-refractivity contribution in [3.05, 3.63) is 48.2 Å². The van der Waals surface area contributed by atoms with Crippen LogP contribution in [0.5, 0.6) is 0 Å². The molecule has 0 bridgehead atoms. The summed E-state index contributed by atoms with van der Waals surface area (Å²) in [6.07, 6.45) is 5.59. The van der Waals surface area contributed by atoms with Crippen molar-refractivity contribution in [2.45, 2.75) is 19.4 Å². The van der Waals surface area contributed by atoms with Crippen LogP contribution in [0.1, 0.15) is 18.4 Å². The summed E-state index contributed by atoms with van der Waals surface area (Å²) in [6.45, 7) is 1.09. The van der Waals surface area contributed by atoms with Crippen LogP contribution in [0.3, 0.4) is 0 Å². The molecule has 1 amide bonds. The van der Waals surface area contributed by atoms with E-state index in [4.69, 9.17) is 4.74 Å². The van der Waals surface area contributed by atoms with Crippen molar-refractivity contribution in [2.24, 2.45) is 0 Å². The number of benzene rings is 1. The van der Waals surface area contributed by atoms with Crippen molar-refractivity contribution in [1.29, 1.82) is 0 Å². The number of carbonyl (C=O) groups excluding carboxylic acids is 1. The van der Waals surface area contributed by atoms with E-state index in [0.29, 0.717) is 6.61 Å². The van der Waals surface area contributed by atoms with Gasteiger partial charge in [-0.1, -0.05) is 36.4 Å². The van der Waals surface area contributed by atoms with Crippen LogP contribution in [0.15, 0.2) is 42.6 Å². The Labute approximate surface area is 95.3 Å². The molecule has 0 fully saturated rings. The number of amides is 1. The van der Waals surface area contributed by atoms with Crippen molar-refractivity contribution in [3.63, 3.8) is 0 Å². The minimum atomic E-state index is -0.264. The van der Waals surface area contributed by atoms with Gasteiger partial charge in [0, 0.05) is 12.7 Å². The quantitative estimate of drug-likeness (QED) is 0.762. The molecule has 1 aromatic rings. The lowest BCUT2D eigenvalue weighted by Crippen LogP contribution is -2.29. The van der Waals surface area contributed by atoms with Crippen molar-refractivity contribution < 1.29 is 9.53 Å². The predicted octanol–water partition coefficient (Wildman–Crippen LogP) is 2.93. The van der Waals surface area contributed by atoms with Gasteiger partial charge >= 0.3 is 6.09 Å². The van der Waals surface area contributed by atoms with Crippen LogP contribution in [-0.2, 0) is 11.3 Å². The first kappa shape index (κ1) is 10.7. The molecule has 0 N–H and O–H groups in total. The molecule has 0 atom stereocenters. The van der Waals surface area contributed by atoms with E-state index in [-0.39, 0.29) is 6.09 Å². The zero-order chi connectivity index (χ0) is 11.2. The molecule has 16 heavy (non-hydrogen) atoms. The van der Waals surface area contributed by atoms with Crippen LogP contribution in [0, 0.1) is 0 Å². The Kier molecular flexibility index (Phi) is 3.59. The lowest BCUT2D eigenvalue weighted by molar-refractivity contribution is 0.109. The molecule has 3 heteroatoms. The van der Waals surface area contributed by atoms with E-state index in [2.05, 4.69) is 0 Å². The zero-order valence-corrected chi connectivity index (χ0v) is 9.13. The molecule has 0 spiro atoms.